The van der Waals surface area contributed by atoms with Crippen LogP contribution in [0.2, 0.25) is 0 Å². The second kappa shape index (κ2) is 11.4. The maximum absolute atomic E-state index is 5.95. The van der Waals surface area contributed by atoms with Gasteiger partial charge in [0.05, 0.1) is 39.6 Å². The van der Waals surface area contributed by atoms with Gasteiger partial charge in [0.2, 0.25) is 0 Å². The summed E-state index contributed by atoms with van der Waals surface area (Å²) in [7, 11) is 5.18. The van der Waals surface area contributed by atoms with Crippen LogP contribution in [0.4, 0.5) is 0 Å². The van der Waals surface area contributed by atoms with Crippen LogP contribution in [-0.4, -0.2) is 83.7 Å². The van der Waals surface area contributed by atoms with E-state index < -0.39 is 0 Å². The maximum Gasteiger partial charge on any atom is 0.191 e. The van der Waals surface area contributed by atoms with Gasteiger partial charge in [0.1, 0.15) is 0 Å². The lowest BCUT2D eigenvalue weighted by molar-refractivity contribution is -0.106. The summed E-state index contributed by atoms with van der Waals surface area (Å²) in [5.41, 5.74) is 1.28. The molecule has 0 aromatic heterocycles. The maximum atomic E-state index is 5.95. The Labute approximate surface area is 214 Å². The lowest BCUT2D eigenvalue weighted by Gasteiger charge is -2.55. The van der Waals surface area contributed by atoms with E-state index in [0.717, 1.165) is 63.3 Å². The van der Waals surface area contributed by atoms with Crippen LogP contribution in [0.5, 0.6) is 11.5 Å². The molecule has 0 spiro atoms. The van der Waals surface area contributed by atoms with Crippen LogP contribution in [0, 0.1) is 11.3 Å². The predicted octanol–water partition coefficient (Wildman–Crippen LogP) is 2.67. The zero-order chi connectivity index (χ0) is 22.7. The van der Waals surface area contributed by atoms with Gasteiger partial charge in [-0.25, -0.2) is 0 Å². The van der Waals surface area contributed by atoms with Gasteiger partial charge in [0.15, 0.2) is 17.5 Å². The minimum atomic E-state index is 0. The first kappa shape index (κ1) is 26.3. The Bertz CT molecular complexity index is 816. The second-order valence-electron chi connectivity index (χ2n) is 9.42. The van der Waals surface area contributed by atoms with Crippen LogP contribution in [0.3, 0.4) is 0 Å². The van der Waals surface area contributed by atoms with E-state index in [1.165, 1.54) is 5.56 Å². The molecule has 8 nitrogen and oxygen atoms in total. The van der Waals surface area contributed by atoms with Crippen LogP contribution in [0.1, 0.15) is 31.9 Å². The summed E-state index contributed by atoms with van der Waals surface area (Å²) < 4.78 is 22.5. The number of morpholine rings is 1. The smallest absolute Gasteiger partial charge is 0.191 e. The minimum absolute atomic E-state index is 0. The minimum Gasteiger partial charge on any atom is -0.493 e. The number of nitrogens with one attached hydrogen (secondary N) is 2. The molecule has 3 fully saturated rings. The fourth-order valence-electron chi connectivity index (χ4n) is 5.56. The quantitative estimate of drug-likeness (QED) is 0.295. The van der Waals surface area contributed by atoms with Crippen molar-refractivity contribution in [1.82, 2.24) is 15.5 Å². The number of ether oxygens (including phenoxy) is 4. The van der Waals surface area contributed by atoms with Gasteiger partial charge in [-0.1, -0.05) is 19.9 Å². The first-order valence-electron chi connectivity index (χ1n) is 11.6. The lowest BCUT2D eigenvalue weighted by atomic mass is 9.57. The molecule has 33 heavy (non-hydrogen) atoms. The van der Waals surface area contributed by atoms with Gasteiger partial charge in [-0.15, -0.1) is 24.0 Å². The monoisotopic (exact) mass is 574 g/mol. The van der Waals surface area contributed by atoms with E-state index in [-0.39, 0.29) is 35.4 Å². The Kier molecular flexibility index (Phi) is 9.10. The second-order valence-corrected chi connectivity index (χ2v) is 9.42. The third kappa shape index (κ3) is 5.36. The summed E-state index contributed by atoms with van der Waals surface area (Å²) in [4.78, 5) is 6.98. The Morgan fingerprint density at radius 2 is 1.91 bits per heavy atom. The third-order valence-electron chi connectivity index (χ3n) is 7.36. The third-order valence-corrected chi connectivity index (χ3v) is 7.36. The van der Waals surface area contributed by atoms with Crippen LogP contribution < -0.4 is 20.1 Å². The lowest BCUT2D eigenvalue weighted by Crippen LogP contribution is -2.68. The van der Waals surface area contributed by atoms with Crippen LogP contribution >= 0.6 is 24.0 Å². The van der Waals surface area contributed by atoms with Gasteiger partial charge in [0.25, 0.3) is 0 Å². The molecule has 0 amide bonds. The molecule has 2 heterocycles. The summed E-state index contributed by atoms with van der Waals surface area (Å²) >= 11 is 0. The number of nitrogens with zero attached hydrogens (tertiary/aromatic N) is 2. The van der Waals surface area contributed by atoms with Gasteiger partial charge in [-0.2, -0.15) is 0 Å². The number of halogens is 1. The van der Waals surface area contributed by atoms with Crippen LogP contribution in [-0.2, 0) is 9.47 Å². The summed E-state index contributed by atoms with van der Waals surface area (Å²) in [6.07, 6.45) is 1.47. The van der Waals surface area contributed by atoms with E-state index in [0.29, 0.717) is 18.1 Å². The fraction of sp³-hybridized carbons (Fsp3) is 0.708. The molecule has 1 saturated carbocycles. The molecule has 3 aliphatic rings. The van der Waals surface area contributed by atoms with Crippen molar-refractivity contribution < 1.29 is 18.9 Å². The van der Waals surface area contributed by atoms with E-state index in [2.05, 4.69) is 46.5 Å². The van der Waals surface area contributed by atoms with Gasteiger partial charge in [0, 0.05) is 50.7 Å². The Balaban J connectivity index is 0.00000306. The molecular weight excluding hydrogens is 535 g/mol. The van der Waals surface area contributed by atoms with Crippen molar-refractivity contribution in [3.8, 4) is 11.5 Å². The van der Waals surface area contributed by atoms with Crippen molar-refractivity contribution in [2.75, 3.05) is 60.7 Å². The number of aliphatic imine (C=N–C) groups is 1. The predicted molar refractivity (Wildman–Crippen MR) is 140 cm³/mol. The normalized spacial score (nSPS) is 27.5. The van der Waals surface area contributed by atoms with Crippen molar-refractivity contribution in [2.24, 2.45) is 16.3 Å². The highest BCUT2D eigenvalue weighted by Crippen LogP contribution is 2.52. The first-order valence-corrected chi connectivity index (χ1v) is 11.6. The van der Waals surface area contributed by atoms with Gasteiger partial charge in [-0.3, -0.25) is 9.89 Å². The van der Waals surface area contributed by atoms with Crippen LogP contribution in [0.25, 0.3) is 0 Å². The van der Waals surface area contributed by atoms with E-state index in [1.54, 1.807) is 14.2 Å². The highest BCUT2D eigenvalue weighted by Gasteiger charge is 2.59. The summed E-state index contributed by atoms with van der Waals surface area (Å²) in [5, 5.41) is 7.28. The van der Waals surface area contributed by atoms with E-state index in [1.807, 2.05) is 13.1 Å². The Hall–Kier alpha value is -1.30. The van der Waals surface area contributed by atoms with Gasteiger partial charge in [-0.05, 0) is 24.1 Å². The van der Waals surface area contributed by atoms with Crippen molar-refractivity contribution in [3.63, 3.8) is 0 Å². The summed E-state index contributed by atoms with van der Waals surface area (Å²) in [5.74, 6) is 2.88. The Morgan fingerprint density at radius 3 is 2.58 bits per heavy atom. The number of hydrogen-bond donors (Lipinski definition) is 2. The standard InChI is InChI=1S/C24H38N4O4.HI/c1-24(2)21(17-8-11-32-22(17)24)27-23(25-3)26-15-18(28-9-12-31-13-10-28)16-6-7-19(29-4)20(14-16)30-5;/h6-7,14,17-18,21-22H,8-13,15H2,1-5H3,(H2,25,26,27);1H. The summed E-state index contributed by atoms with van der Waals surface area (Å²) in [6, 6.07) is 6.70. The van der Waals surface area contributed by atoms with Crippen molar-refractivity contribution in [1.29, 1.82) is 0 Å². The number of hydrogen-bond acceptors (Lipinski definition) is 6. The highest BCUT2D eigenvalue weighted by atomic mass is 127. The molecule has 1 aromatic carbocycles. The van der Waals surface area contributed by atoms with Crippen molar-refractivity contribution in [2.45, 2.75) is 38.5 Å². The molecule has 1 aliphatic carbocycles. The number of methoxy groups -OCH3 is 2. The van der Waals surface area contributed by atoms with Crippen LogP contribution in [0.15, 0.2) is 23.2 Å². The van der Waals surface area contributed by atoms with E-state index in [9.17, 15) is 0 Å². The molecule has 4 rings (SSSR count). The zero-order valence-electron chi connectivity index (χ0n) is 20.4. The molecule has 0 radical (unpaired) electrons. The molecule has 0 bridgehead atoms. The molecule has 2 aliphatic heterocycles. The van der Waals surface area contributed by atoms with Crippen molar-refractivity contribution >= 4 is 29.9 Å². The molecule has 2 saturated heterocycles. The summed E-state index contributed by atoms with van der Waals surface area (Å²) in [6.45, 7) is 9.43. The largest absolute Gasteiger partial charge is 0.493 e. The van der Waals surface area contributed by atoms with E-state index in [4.69, 9.17) is 18.9 Å². The average molecular weight is 575 g/mol. The zero-order valence-corrected chi connectivity index (χ0v) is 22.8. The molecular formula is C24H39IN4O4. The number of rotatable bonds is 7. The first-order chi connectivity index (χ1) is 15.5. The van der Waals surface area contributed by atoms with Gasteiger partial charge < -0.3 is 29.6 Å². The topological polar surface area (TPSA) is 76.6 Å². The fourth-order valence-corrected chi connectivity index (χ4v) is 5.56. The number of guanidine groups is 1. The molecule has 186 valence electrons. The molecule has 2 N–H and O–H groups in total. The SMILES string of the molecule is CN=C(NCC(c1ccc(OC)c(OC)c1)N1CCOCC1)NC1C2CCOC2C1(C)C.I. The molecule has 4 atom stereocenters. The molecule has 1 aromatic rings. The van der Waals surface area contributed by atoms with E-state index >= 15 is 0 Å². The average Bonchev–Trinajstić information content (AvgIpc) is 3.29. The van der Waals surface area contributed by atoms with Gasteiger partial charge >= 0.3 is 0 Å². The molecule has 4 unspecified atom stereocenters. The highest BCUT2D eigenvalue weighted by molar-refractivity contribution is 14.0. The number of fused-ring (bicyclic) bond motifs is 1. The number of benzene rings is 1. The Morgan fingerprint density at radius 1 is 1.18 bits per heavy atom. The van der Waals surface area contributed by atoms with Crippen molar-refractivity contribution in [3.05, 3.63) is 23.8 Å². The molecule has 9 heteroatoms.